The van der Waals surface area contributed by atoms with Crippen LogP contribution in [-0.4, -0.2) is 83.6 Å². The highest BCUT2D eigenvalue weighted by Gasteiger charge is 2.19. The number of hydrogen-bond acceptors (Lipinski definition) is 7. The van der Waals surface area contributed by atoms with E-state index in [4.69, 9.17) is 15.6 Å². The van der Waals surface area contributed by atoms with Gasteiger partial charge in [0.1, 0.15) is 24.3 Å². The smallest absolute Gasteiger partial charge is 0.127 e. The fourth-order valence-electron chi connectivity index (χ4n) is 4.37. The molecular formula is C25H32N4O3. The lowest BCUT2D eigenvalue weighted by molar-refractivity contribution is 0.0432. The molecule has 1 aliphatic rings. The van der Waals surface area contributed by atoms with Crippen LogP contribution in [0.25, 0.3) is 21.9 Å². The zero-order chi connectivity index (χ0) is 22.5. The number of aromatic nitrogens is 1. The van der Waals surface area contributed by atoms with E-state index in [0.717, 1.165) is 59.4 Å². The molecule has 7 nitrogen and oxygen atoms in total. The van der Waals surface area contributed by atoms with E-state index in [1.54, 1.807) is 0 Å². The quantitative estimate of drug-likeness (QED) is 0.498. The summed E-state index contributed by atoms with van der Waals surface area (Å²) in [5.41, 5.74) is 9.03. The number of nitrogens with two attached hydrogens (primary N) is 1. The van der Waals surface area contributed by atoms with Crippen LogP contribution in [0.1, 0.15) is 5.56 Å². The van der Waals surface area contributed by atoms with E-state index < -0.39 is 6.10 Å². The number of aryl methyl sites for hydroxylation is 1. The summed E-state index contributed by atoms with van der Waals surface area (Å²) in [5.74, 6) is 1.27. The fraction of sp³-hybridized carbons (Fsp3) is 0.400. The molecule has 1 aromatic heterocycles. The molecule has 3 aromatic rings. The minimum atomic E-state index is -0.568. The summed E-state index contributed by atoms with van der Waals surface area (Å²) < 4.78 is 6.07. The lowest BCUT2D eigenvalue weighted by Crippen LogP contribution is -2.49. The summed E-state index contributed by atoms with van der Waals surface area (Å²) in [6.07, 6.45) is 1.25. The van der Waals surface area contributed by atoms with Gasteiger partial charge in [0.2, 0.25) is 0 Å². The first-order chi connectivity index (χ1) is 15.5. The predicted molar refractivity (Wildman–Crippen MR) is 128 cm³/mol. The van der Waals surface area contributed by atoms with Crippen LogP contribution in [0.3, 0.4) is 0 Å². The zero-order valence-corrected chi connectivity index (χ0v) is 18.6. The average molecular weight is 437 g/mol. The van der Waals surface area contributed by atoms with Crippen molar-refractivity contribution in [2.45, 2.75) is 13.0 Å². The van der Waals surface area contributed by atoms with Gasteiger partial charge >= 0.3 is 0 Å². The number of piperazine rings is 1. The van der Waals surface area contributed by atoms with Gasteiger partial charge < -0.3 is 20.7 Å². The van der Waals surface area contributed by atoms with Gasteiger partial charge in [0.25, 0.3) is 0 Å². The van der Waals surface area contributed by atoms with Crippen molar-refractivity contribution >= 4 is 16.6 Å². The molecule has 0 radical (unpaired) electrons. The first-order valence-corrected chi connectivity index (χ1v) is 11.2. The Hall–Kier alpha value is -2.71. The fourth-order valence-corrected chi connectivity index (χ4v) is 4.37. The van der Waals surface area contributed by atoms with Crippen molar-refractivity contribution in [3.8, 4) is 16.9 Å². The predicted octanol–water partition coefficient (Wildman–Crippen LogP) is 2.14. The molecule has 0 saturated carbocycles. The molecule has 1 unspecified atom stereocenters. The van der Waals surface area contributed by atoms with Gasteiger partial charge in [-0.05, 0) is 41.6 Å². The van der Waals surface area contributed by atoms with Crippen molar-refractivity contribution in [3.63, 3.8) is 0 Å². The van der Waals surface area contributed by atoms with Gasteiger partial charge in [0.15, 0.2) is 0 Å². The molecule has 2 aromatic carbocycles. The monoisotopic (exact) mass is 436 g/mol. The molecule has 32 heavy (non-hydrogen) atoms. The second kappa shape index (κ2) is 10.3. The number of β-amino-alcohol motifs (C(OH)–C–C–N with tert-alkyl or cyclic N) is 2. The van der Waals surface area contributed by atoms with Crippen LogP contribution in [-0.2, 0) is 0 Å². The van der Waals surface area contributed by atoms with Crippen LogP contribution >= 0.6 is 0 Å². The molecule has 0 bridgehead atoms. The molecule has 7 heteroatoms. The maximum atomic E-state index is 10.6. The van der Waals surface area contributed by atoms with Crippen LogP contribution in [0, 0.1) is 6.92 Å². The van der Waals surface area contributed by atoms with Gasteiger partial charge in [-0.1, -0.05) is 24.3 Å². The summed E-state index contributed by atoms with van der Waals surface area (Å²) in [6.45, 7) is 7.38. The highest BCUT2D eigenvalue weighted by atomic mass is 16.5. The second-order valence-corrected chi connectivity index (χ2v) is 8.41. The number of hydrogen-bond donors (Lipinski definition) is 3. The lowest BCUT2D eigenvalue weighted by Gasteiger charge is -2.35. The van der Waals surface area contributed by atoms with E-state index >= 15 is 0 Å². The molecule has 0 aliphatic carbocycles. The van der Waals surface area contributed by atoms with Crippen molar-refractivity contribution in [3.05, 3.63) is 54.2 Å². The van der Waals surface area contributed by atoms with Crippen LogP contribution in [0.15, 0.2) is 48.7 Å². The van der Waals surface area contributed by atoms with E-state index in [1.165, 1.54) is 0 Å². The standard InChI is InChI=1S/C25H32N4O3/c1-18-14-25(26)27-15-23(18)21-6-7-24(22-5-3-2-4-20(21)22)32-17-19(31)16-29-10-8-28(9-11-29)12-13-30/h2-7,14-15,19,30-31H,8-13,16-17H2,1H3,(H2,26,27). The molecule has 0 amide bonds. The van der Waals surface area contributed by atoms with Crippen LogP contribution in [0.2, 0.25) is 0 Å². The van der Waals surface area contributed by atoms with Gasteiger partial charge in [0, 0.05) is 56.4 Å². The number of aliphatic hydroxyl groups excluding tert-OH is 2. The summed E-state index contributed by atoms with van der Waals surface area (Å²) in [6, 6.07) is 14.0. The normalized spacial score (nSPS) is 16.3. The zero-order valence-electron chi connectivity index (χ0n) is 18.6. The molecule has 1 saturated heterocycles. The summed E-state index contributed by atoms with van der Waals surface area (Å²) in [4.78, 5) is 8.76. The minimum absolute atomic E-state index is 0.192. The molecule has 1 fully saturated rings. The van der Waals surface area contributed by atoms with Crippen molar-refractivity contribution in [1.29, 1.82) is 0 Å². The van der Waals surface area contributed by atoms with Gasteiger partial charge in [-0.2, -0.15) is 0 Å². The van der Waals surface area contributed by atoms with Crippen LogP contribution in [0.5, 0.6) is 5.75 Å². The molecule has 0 spiro atoms. The number of rotatable bonds is 8. The Bertz CT molecular complexity index is 1050. The highest BCUT2D eigenvalue weighted by molar-refractivity contribution is 6.00. The Morgan fingerprint density at radius 3 is 2.47 bits per heavy atom. The number of nitrogens with zero attached hydrogens (tertiary/aromatic N) is 3. The lowest BCUT2D eigenvalue weighted by atomic mass is 9.96. The minimum Gasteiger partial charge on any atom is -0.490 e. The number of aliphatic hydroxyl groups is 2. The Kier molecular flexibility index (Phi) is 7.22. The van der Waals surface area contributed by atoms with Crippen molar-refractivity contribution < 1.29 is 14.9 Å². The van der Waals surface area contributed by atoms with E-state index in [9.17, 15) is 5.11 Å². The maximum absolute atomic E-state index is 10.6. The van der Waals surface area contributed by atoms with Gasteiger partial charge in [0.05, 0.1) is 6.61 Å². The summed E-state index contributed by atoms with van der Waals surface area (Å²) in [7, 11) is 0. The number of ether oxygens (including phenoxy) is 1. The van der Waals surface area contributed by atoms with Crippen molar-refractivity contribution in [2.75, 3.05) is 58.2 Å². The highest BCUT2D eigenvalue weighted by Crippen LogP contribution is 2.35. The number of benzene rings is 2. The first-order valence-electron chi connectivity index (χ1n) is 11.2. The second-order valence-electron chi connectivity index (χ2n) is 8.41. The Morgan fingerprint density at radius 2 is 1.75 bits per heavy atom. The Labute approximate surface area is 189 Å². The molecule has 1 atom stereocenters. The summed E-state index contributed by atoms with van der Waals surface area (Å²) in [5, 5.41) is 21.7. The Morgan fingerprint density at radius 1 is 1.03 bits per heavy atom. The average Bonchev–Trinajstić information content (AvgIpc) is 2.79. The van der Waals surface area contributed by atoms with E-state index in [1.807, 2.05) is 49.5 Å². The molecule has 1 aliphatic heterocycles. The third-order valence-corrected chi connectivity index (χ3v) is 6.09. The third kappa shape index (κ3) is 5.19. The largest absolute Gasteiger partial charge is 0.490 e. The van der Waals surface area contributed by atoms with E-state index in [-0.39, 0.29) is 13.2 Å². The van der Waals surface area contributed by atoms with Crippen molar-refractivity contribution in [1.82, 2.24) is 14.8 Å². The van der Waals surface area contributed by atoms with Crippen LogP contribution < -0.4 is 10.5 Å². The molecule has 4 rings (SSSR count). The molecular weight excluding hydrogens is 404 g/mol. The first kappa shape index (κ1) is 22.5. The maximum Gasteiger partial charge on any atom is 0.127 e. The van der Waals surface area contributed by atoms with Gasteiger partial charge in [-0.3, -0.25) is 9.80 Å². The molecule has 4 N–H and O–H groups in total. The number of fused-ring (bicyclic) bond motifs is 1. The Balaban J connectivity index is 1.44. The molecule has 2 heterocycles. The SMILES string of the molecule is Cc1cc(N)ncc1-c1ccc(OCC(O)CN2CCN(CCO)CC2)c2ccccc12. The number of anilines is 1. The van der Waals surface area contributed by atoms with Crippen LogP contribution in [0.4, 0.5) is 5.82 Å². The van der Waals surface area contributed by atoms with Gasteiger partial charge in [-0.25, -0.2) is 4.98 Å². The van der Waals surface area contributed by atoms with E-state index in [2.05, 4.69) is 20.9 Å². The van der Waals surface area contributed by atoms with Crippen molar-refractivity contribution in [2.24, 2.45) is 0 Å². The number of nitrogen functional groups attached to an aromatic ring is 1. The van der Waals surface area contributed by atoms with Gasteiger partial charge in [-0.15, -0.1) is 0 Å². The number of pyridine rings is 1. The summed E-state index contributed by atoms with van der Waals surface area (Å²) >= 11 is 0. The molecule has 170 valence electrons. The van der Waals surface area contributed by atoms with E-state index in [0.29, 0.717) is 18.9 Å². The topological polar surface area (TPSA) is 95.1 Å². The third-order valence-electron chi connectivity index (χ3n) is 6.09.